The lowest BCUT2D eigenvalue weighted by atomic mass is 10.1. The Bertz CT molecular complexity index is 1040. The van der Waals surface area contributed by atoms with Crippen molar-refractivity contribution >= 4 is 29.0 Å². The zero-order valence-corrected chi connectivity index (χ0v) is 20.4. The molecule has 3 aromatic carbocycles. The van der Waals surface area contributed by atoms with Gasteiger partial charge in [-0.1, -0.05) is 62.7 Å². The molecule has 3 rings (SSSR count). The molecule has 0 heterocycles. The minimum atomic E-state index is 0.150. The van der Waals surface area contributed by atoms with E-state index in [1.54, 1.807) is 26.2 Å². The Labute approximate surface area is 196 Å². The number of ether oxygens (including phenoxy) is 2. The van der Waals surface area contributed by atoms with E-state index in [0.29, 0.717) is 5.92 Å². The van der Waals surface area contributed by atoms with Crippen LogP contribution < -0.4 is 14.8 Å². The van der Waals surface area contributed by atoms with Gasteiger partial charge in [-0.3, -0.25) is 0 Å². The fraction of sp³-hybridized carbons (Fsp3) is 0.296. The Balaban J connectivity index is 2.13. The molecule has 4 nitrogen and oxygen atoms in total. The van der Waals surface area contributed by atoms with Crippen LogP contribution >= 0.6 is 11.9 Å². The molecule has 5 heteroatoms. The molecule has 0 bridgehead atoms. The lowest BCUT2D eigenvalue weighted by Gasteiger charge is -2.22. The van der Waals surface area contributed by atoms with Crippen molar-refractivity contribution in [2.24, 2.45) is 5.92 Å². The first kappa shape index (κ1) is 23.7. The first-order valence-electron chi connectivity index (χ1n) is 11.0. The van der Waals surface area contributed by atoms with Gasteiger partial charge in [-0.25, -0.2) is 0 Å². The van der Waals surface area contributed by atoms with Crippen molar-refractivity contribution in [3.05, 3.63) is 84.4 Å². The topological polar surface area (TPSA) is 33.5 Å². The molecule has 1 N–H and O–H groups in total. The summed E-state index contributed by atoms with van der Waals surface area (Å²) in [4.78, 5) is 0. The molecular formula is C27H33N2O2S+. The third-order valence-corrected chi connectivity index (χ3v) is 7.06. The molecule has 32 heavy (non-hydrogen) atoms. The van der Waals surface area contributed by atoms with Gasteiger partial charge < -0.3 is 14.8 Å². The number of benzene rings is 3. The van der Waals surface area contributed by atoms with Crippen molar-refractivity contribution in [3.63, 3.8) is 0 Å². The predicted molar refractivity (Wildman–Crippen MR) is 137 cm³/mol. The van der Waals surface area contributed by atoms with Gasteiger partial charge in [0.1, 0.15) is 11.1 Å². The Morgan fingerprint density at radius 3 is 2.12 bits per heavy atom. The van der Waals surface area contributed by atoms with Crippen LogP contribution in [-0.2, 0) is 0 Å². The third kappa shape index (κ3) is 5.65. The molecule has 0 saturated heterocycles. The summed E-state index contributed by atoms with van der Waals surface area (Å²) in [6.07, 6.45) is 1.06. The molecule has 2 atom stereocenters. The van der Waals surface area contributed by atoms with Crippen molar-refractivity contribution in [1.82, 2.24) is 0 Å². The minimum absolute atomic E-state index is 0.150. The van der Waals surface area contributed by atoms with Crippen LogP contribution in [0.15, 0.2) is 78.9 Å². The number of hydrogen-bond donors (Lipinski definition) is 1. The smallest absolute Gasteiger partial charge is 0.261 e. The monoisotopic (exact) mass is 449 g/mol. The van der Waals surface area contributed by atoms with Gasteiger partial charge in [0.15, 0.2) is 17.7 Å². The summed E-state index contributed by atoms with van der Waals surface area (Å²) in [5.41, 5.74) is 4.25. The largest absolute Gasteiger partial charge is 0.496 e. The lowest BCUT2D eigenvalue weighted by molar-refractivity contribution is -0.241. The third-order valence-electron chi connectivity index (χ3n) is 5.57. The molecule has 3 aromatic rings. The summed E-state index contributed by atoms with van der Waals surface area (Å²) in [6.45, 7) is 6.65. The number of methoxy groups -OCH3 is 2. The van der Waals surface area contributed by atoms with Crippen LogP contribution in [0.3, 0.4) is 0 Å². The number of nitrogens with one attached hydrogen (secondary N) is 1. The van der Waals surface area contributed by atoms with Crippen LogP contribution in [0.5, 0.6) is 11.5 Å². The van der Waals surface area contributed by atoms with Gasteiger partial charge in [-0.05, 0) is 36.2 Å². The minimum Gasteiger partial charge on any atom is -0.496 e. The van der Waals surface area contributed by atoms with E-state index in [2.05, 4.69) is 66.5 Å². The van der Waals surface area contributed by atoms with Crippen molar-refractivity contribution in [2.75, 3.05) is 19.5 Å². The summed E-state index contributed by atoms with van der Waals surface area (Å²) in [5.74, 6) is 2.11. The van der Waals surface area contributed by atoms with Gasteiger partial charge in [0.05, 0.1) is 19.8 Å². The second-order valence-electron chi connectivity index (χ2n) is 7.67. The zero-order chi connectivity index (χ0) is 22.9. The van der Waals surface area contributed by atoms with Gasteiger partial charge in [0.2, 0.25) is 5.71 Å². The van der Waals surface area contributed by atoms with E-state index in [0.717, 1.165) is 40.6 Å². The van der Waals surface area contributed by atoms with Crippen molar-refractivity contribution in [3.8, 4) is 11.5 Å². The molecule has 0 aliphatic carbocycles. The van der Waals surface area contributed by atoms with Crippen molar-refractivity contribution < 1.29 is 13.5 Å². The highest BCUT2D eigenvalue weighted by atomic mass is 32.2. The van der Waals surface area contributed by atoms with Gasteiger partial charge >= 0.3 is 0 Å². The number of para-hydroxylation sites is 4. The highest BCUT2D eigenvalue weighted by Crippen LogP contribution is 2.36. The van der Waals surface area contributed by atoms with E-state index < -0.39 is 0 Å². The molecule has 0 amide bonds. The maximum atomic E-state index is 5.74. The average Bonchev–Trinajstić information content (AvgIpc) is 2.86. The molecule has 0 aliphatic rings. The second kappa shape index (κ2) is 11.6. The summed E-state index contributed by atoms with van der Waals surface area (Å²) < 4.78 is 13.7. The lowest BCUT2D eigenvalue weighted by Crippen LogP contribution is -2.27. The number of nitrogens with zero attached hydrogens (tertiary/aromatic N) is 1. The van der Waals surface area contributed by atoms with Gasteiger partial charge in [-0.2, -0.15) is 0 Å². The van der Waals surface area contributed by atoms with Crippen molar-refractivity contribution in [2.45, 2.75) is 32.6 Å². The van der Waals surface area contributed by atoms with Crippen molar-refractivity contribution in [1.29, 1.82) is 0 Å². The Morgan fingerprint density at radius 2 is 1.47 bits per heavy atom. The normalized spacial score (nSPS) is 13.7. The van der Waals surface area contributed by atoms with Crippen LogP contribution in [-0.4, -0.2) is 29.3 Å². The fourth-order valence-electron chi connectivity index (χ4n) is 3.47. The summed E-state index contributed by atoms with van der Waals surface area (Å²) in [5, 5.41) is 3.89. The first-order chi connectivity index (χ1) is 15.6. The maximum absolute atomic E-state index is 5.74. The quantitative estimate of drug-likeness (QED) is 0.156. The standard InChI is InChI=1S/C27H33N2O2S/c1-6-20(2)27(28-22-14-8-7-9-15-22)32-29(24-17-11-13-19-26(24)31-5)21(3)23-16-10-12-18-25(23)30-4/h7-20,27-28H,6H2,1-5H3/q+1. The Hall–Kier alpha value is -2.92. The number of hydrogen-bond acceptors (Lipinski definition) is 4. The van der Waals surface area contributed by atoms with E-state index in [9.17, 15) is 0 Å². The van der Waals surface area contributed by atoms with E-state index in [1.807, 2.05) is 42.5 Å². The van der Waals surface area contributed by atoms with Crippen LogP contribution in [0.2, 0.25) is 0 Å². The highest BCUT2D eigenvalue weighted by molar-refractivity contribution is 7.94. The molecule has 0 aliphatic heterocycles. The molecule has 2 unspecified atom stereocenters. The summed E-state index contributed by atoms with van der Waals surface area (Å²) in [6, 6.07) is 26.7. The first-order valence-corrected chi connectivity index (χ1v) is 11.8. The molecule has 0 fully saturated rings. The average molecular weight is 450 g/mol. The highest BCUT2D eigenvalue weighted by Gasteiger charge is 2.30. The van der Waals surface area contributed by atoms with Gasteiger partial charge in [-0.15, -0.1) is 3.98 Å². The summed E-state index contributed by atoms with van der Waals surface area (Å²) >= 11 is 1.77. The van der Waals surface area contributed by atoms with Crippen LogP contribution in [0, 0.1) is 5.92 Å². The van der Waals surface area contributed by atoms with Gasteiger partial charge in [0, 0.05) is 18.7 Å². The molecule has 0 saturated carbocycles. The van der Waals surface area contributed by atoms with Crippen LogP contribution in [0.4, 0.5) is 11.4 Å². The van der Waals surface area contributed by atoms with Gasteiger partial charge in [0.25, 0.3) is 5.69 Å². The molecular weight excluding hydrogens is 416 g/mol. The summed E-state index contributed by atoms with van der Waals surface area (Å²) in [7, 11) is 3.43. The second-order valence-corrected chi connectivity index (χ2v) is 8.76. The SMILES string of the molecule is CCC(C)C(Nc1ccccc1)S[N+](=C(C)c1ccccc1OC)c1ccccc1OC. The molecule has 0 aromatic heterocycles. The Kier molecular flexibility index (Phi) is 8.63. The zero-order valence-electron chi connectivity index (χ0n) is 19.5. The molecule has 0 spiro atoms. The number of rotatable bonds is 10. The fourth-order valence-corrected chi connectivity index (χ4v) is 4.80. The van der Waals surface area contributed by atoms with Crippen LogP contribution in [0.25, 0.3) is 0 Å². The molecule has 0 radical (unpaired) electrons. The number of anilines is 1. The van der Waals surface area contributed by atoms with E-state index in [1.165, 1.54) is 0 Å². The predicted octanol–water partition coefficient (Wildman–Crippen LogP) is 6.99. The Morgan fingerprint density at radius 1 is 0.875 bits per heavy atom. The van der Waals surface area contributed by atoms with E-state index in [-0.39, 0.29) is 5.37 Å². The van der Waals surface area contributed by atoms with E-state index in [4.69, 9.17) is 9.47 Å². The molecule has 168 valence electrons. The van der Waals surface area contributed by atoms with Crippen LogP contribution in [0.1, 0.15) is 32.8 Å². The van der Waals surface area contributed by atoms with E-state index >= 15 is 0 Å². The maximum Gasteiger partial charge on any atom is 0.261 e.